The van der Waals surface area contributed by atoms with E-state index >= 15 is 0 Å². The molecule has 0 heterocycles. The molecule has 13 heavy (non-hydrogen) atoms. The molecule has 0 aliphatic heterocycles. The van der Waals surface area contributed by atoms with Gasteiger partial charge in [-0.2, -0.15) is 0 Å². The number of nitrogens with two attached hydrogens (primary N) is 1. The number of benzene rings is 1. The van der Waals surface area contributed by atoms with Gasteiger partial charge in [-0.1, -0.05) is 30.3 Å². The summed E-state index contributed by atoms with van der Waals surface area (Å²) in [5.74, 6) is -0.309. The summed E-state index contributed by atoms with van der Waals surface area (Å²) < 4.78 is 0. The number of aliphatic hydroxyl groups excluding tert-OH is 1. The van der Waals surface area contributed by atoms with Crippen molar-refractivity contribution < 1.29 is 9.90 Å². The van der Waals surface area contributed by atoms with Gasteiger partial charge in [0.2, 0.25) is 0 Å². The quantitative estimate of drug-likeness (QED) is 0.715. The molecule has 0 amide bonds. The number of ketones is 1. The number of carbonyl (C=O) groups is 1. The van der Waals surface area contributed by atoms with Gasteiger partial charge in [-0.3, -0.25) is 4.79 Å². The summed E-state index contributed by atoms with van der Waals surface area (Å²) in [4.78, 5) is 10.8. The number of hydrogen-bond acceptors (Lipinski definition) is 3. The fraction of sp³-hybridized carbons (Fsp3) is 0.300. The number of Topliss-reactive ketones (excluding diaryl/α,β-unsaturated/α-hetero) is 1. The molecule has 1 rings (SSSR count). The third-order valence-electron chi connectivity index (χ3n) is 1.94. The second kappa shape index (κ2) is 4.16. The molecular weight excluding hydrogens is 166 g/mol. The van der Waals surface area contributed by atoms with Crippen LogP contribution in [0.2, 0.25) is 0 Å². The lowest BCUT2D eigenvalue weighted by atomic mass is 10.0. The monoisotopic (exact) mass is 179 g/mol. The highest BCUT2D eigenvalue weighted by Crippen LogP contribution is 2.13. The Kier molecular flexibility index (Phi) is 3.17. The fourth-order valence-electron chi connectivity index (χ4n) is 1.11. The van der Waals surface area contributed by atoms with Crippen molar-refractivity contribution in [2.45, 2.75) is 19.1 Å². The van der Waals surface area contributed by atoms with Gasteiger partial charge < -0.3 is 10.8 Å². The van der Waals surface area contributed by atoms with Crippen LogP contribution in [-0.2, 0) is 4.79 Å². The minimum Gasteiger partial charge on any atom is -0.383 e. The molecule has 0 saturated carbocycles. The second-order valence-electron chi connectivity index (χ2n) is 2.99. The molecular formula is C10H13NO2. The Morgan fingerprint density at radius 2 is 1.92 bits per heavy atom. The fourth-order valence-corrected chi connectivity index (χ4v) is 1.11. The zero-order valence-corrected chi connectivity index (χ0v) is 7.47. The van der Waals surface area contributed by atoms with Crippen molar-refractivity contribution in [2.75, 3.05) is 0 Å². The highest BCUT2D eigenvalue weighted by atomic mass is 16.3. The van der Waals surface area contributed by atoms with Crippen LogP contribution in [0.4, 0.5) is 0 Å². The summed E-state index contributed by atoms with van der Waals surface area (Å²) in [6.45, 7) is 1.33. The van der Waals surface area contributed by atoms with Crippen LogP contribution < -0.4 is 5.73 Å². The second-order valence-corrected chi connectivity index (χ2v) is 2.99. The van der Waals surface area contributed by atoms with E-state index in [0.29, 0.717) is 0 Å². The Balaban J connectivity index is 2.79. The smallest absolute Gasteiger partial charge is 0.160 e. The number of hydrogen-bond donors (Lipinski definition) is 2. The Morgan fingerprint density at radius 3 is 2.38 bits per heavy atom. The van der Waals surface area contributed by atoms with E-state index in [9.17, 15) is 9.90 Å². The summed E-state index contributed by atoms with van der Waals surface area (Å²) in [6.07, 6.45) is -1.11. The van der Waals surface area contributed by atoms with E-state index in [4.69, 9.17) is 5.73 Å². The maximum atomic E-state index is 10.8. The molecule has 0 fully saturated rings. The molecule has 0 aliphatic carbocycles. The summed E-state index contributed by atoms with van der Waals surface area (Å²) in [6, 6.07) is 8.45. The lowest BCUT2D eigenvalue weighted by molar-refractivity contribution is -0.125. The average Bonchev–Trinajstić information content (AvgIpc) is 2.17. The zero-order valence-electron chi connectivity index (χ0n) is 7.47. The first-order valence-corrected chi connectivity index (χ1v) is 4.12. The van der Waals surface area contributed by atoms with Gasteiger partial charge in [0, 0.05) is 0 Å². The molecule has 0 aromatic heterocycles. The lowest BCUT2D eigenvalue weighted by Gasteiger charge is -2.16. The van der Waals surface area contributed by atoms with Crippen LogP contribution in [0.5, 0.6) is 0 Å². The van der Waals surface area contributed by atoms with Gasteiger partial charge in [0.15, 0.2) is 5.78 Å². The largest absolute Gasteiger partial charge is 0.383 e. The Bertz CT molecular complexity index is 284. The maximum Gasteiger partial charge on any atom is 0.160 e. The van der Waals surface area contributed by atoms with Crippen molar-refractivity contribution in [3.8, 4) is 0 Å². The van der Waals surface area contributed by atoms with E-state index in [1.807, 2.05) is 18.2 Å². The molecule has 0 aliphatic rings. The van der Waals surface area contributed by atoms with Crippen molar-refractivity contribution in [1.82, 2.24) is 0 Å². The van der Waals surface area contributed by atoms with Crippen molar-refractivity contribution in [1.29, 1.82) is 0 Å². The summed E-state index contributed by atoms with van der Waals surface area (Å²) in [5, 5.41) is 9.37. The van der Waals surface area contributed by atoms with Gasteiger partial charge in [0.05, 0.1) is 6.04 Å². The summed E-state index contributed by atoms with van der Waals surface area (Å²) >= 11 is 0. The molecule has 1 aromatic rings. The molecule has 0 saturated heterocycles. The number of aliphatic hydroxyl groups is 1. The molecule has 1 aromatic carbocycles. The zero-order chi connectivity index (χ0) is 9.84. The first-order chi connectivity index (χ1) is 6.13. The first kappa shape index (κ1) is 9.89. The molecule has 0 radical (unpaired) electrons. The predicted octanol–water partition coefficient (Wildman–Crippen LogP) is 0.636. The van der Waals surface area contributed by atoms with Crippen molar-refractivity contribution in [2.24, 2.45) is 5.73 Å². The number of rotatable bonds is 3. The highest BCUT2D eigenvalue weighted by molar-refractivity contribution is 5.81. The molecule has 0 bridgehead atoms. The standard InChI is InChI=1S/C10H13NO2/c1-7(12)10(13)9(11)8-5-3-2-4-6-8/h2-6,9-10,13H,11H2,1H3/t9-,10-/m0/s1. The van der Waals surface area contributed by atoms with Gasteiger partial charge in [-0.15, -0.1) is 0 Å². The van der Waals surface area contributed by atoms with Crippen LogP contribution in [0.25, 0.3) is 0 Å². The first-order valence-electron chi connectivity index (χ1n) is 4.12. The van der Waals surface area contributed by atoms with E-state index in [-0.39, 0.29) is 5.78 Å². The predicted molar refractivity (Wildman–Crippen MR) is 50.1 cm³/mol. The van der Waals surface area contributed by atoms with Crippen LogP contribution >= 0.6 is 0 Å². The molecule has 3 N–H and O–H groups in total. The van der Waals surface area contributed by atoms with Crippen molar-refractivity contribution in [3.63, 3.8) is 0 Å². The van der Waals surface area contributed by atoms with E-state index in [1.54, 1.807) is 12.1 Å². The van der Waals surface area contributed by atoms with Gasteiger partial charge in [0.25, 0.3) is 0 Å². The SMILES string of the molecule is CC(=O)[C@H](O)[C@@H](N)c1ccccc1. The van der Waals surface area contributed by atoms with Crippen molar-refractivity contribution >= 4 is 5.78 Å². The minimum absolute atomic E-state index is 0.309. The minimum atomic E-state index is -1.11. The third kappa shape index (κ3) is 2.37. The van der Waals surface area contributed by atoms with Crippen LogP contribution in [0.1, 0.15) is 18.5 Å². The van der Waals surface area contributed by atoms with Crippen molar-refractivity contribution in [3.05, 3.63) is 35.9 Å². The Labute approximate surface area is 77.2 Å². The molecule has 2 atom stereocenters. The molecule has 3 nitrogen and oxygen atoms in total. The van der Waals surface area contributed by atoms with E-state index in [2.05, 4.69) is 0 Å². The van der Waals surface area contributed by atoms with E-state index in [0.717, 1.165) is 5.56 Å². The molecule has 70 valence electrons. The van der Waals surface area contributed by atoms with Gasteiger partial charge in [0.1, 0.15) is 6.10 Å². The normalized spacial score (nSPS) is 15.0. The third-order valence-corrected chi connectivity index (χ3v) is 1.94. The van der Waals surface area contributed by atoms with E-state index in [1.165, 1.54) is 6.92 Å². The van der Waals surface area contributed by atoms with Crippen LogP contribution in [-0.4, -0.2) is 17.0 Å². The lowest BCUT2D eigenvalue weighted by Crippen LogP contribution is -2.31. The van der Waals surface area contributed by atoms with E-state index < -0.39 is 12.1 Å². The average molecular weight is 179 g/mol. The topological polar surface area (TPSA) is 63.3 Å². The maximum absolute atomic E-state index is 10.8. The Morgan fingerprint density at radius 1 is 1.38 bits per heavy atom. The van der Waals surface area contributed by atoms with Gasteiger partial charge in [-0.05, 0) is 12.5 Å². The van der Waals surface area contributed by atoms with Crippen LogP contribution in [0.3, 0.4) is 0 Å². The summed E-state index contributed by atoms with van der Waals surface area (Å²) in [5.41, 5.74) is 6.44. The van der Waals surface area contributed by atoms with Crippen LogP contribution in [0.15, 0.2) is 30.3 Å². The number of carbonyl (C=O) groups excluding carboxylic acids is 1. The highest BCUT2D eigenvalue weighted by Gasteiger charge is 2.20. The Hall–Kier alpha value is -1.19. The van der Waals surface area contributed by atoms with Gasteiger partial charge in [-0.25, -0.2) is 0 Å². The molecule has 0 spiro atoms. The van der Waals surface area contributed by atoms with Crippen LogP contribution in [0, 0.1) is 0 Å². The van der Waals surface area contributed by atoms with Gasteiger partial charge >= 0.3 is 0 Å². The molecule has 3 heteroatoms. The summed E-state index contributed by atoms with van der Waals surface area (Å²) in [7, 11) is 0. The molecule has 0 unspecified atom stereocenters.